The molecule has 5 nitrogen and oxygen atoms in total. The summed E-state index contributed by atoms with van der Waals surface area (Å²) in [6.45, 7) is 2.12. The highest BCUT2D eigenvalue weighted by Crippen LogP contribution is 2.42. The van der Waals surface area contributed by atoms with Crippen molar-refractivity contribution in [2.45, 2.75) is 63.6 Å². The maximum absolute atomic E-state index is 13.6. The molecule has 3 atom stereocenters. The molecule has 1 aromatic rings. The molecule has 1 saturated heterocycles. The topological polar surface area (TPSA) is 64.8 Å². The smallest absolute Gasteiger partial charge is 0.226 e. The molecule has 2 bridgehead atoms. The van der Waals surface area contributed by atoms with Gasteiger partial charge in [0.25, 0.3) is 0 Å². The molecule has 0 aromatic heterocycles. The highest BCUT2D eigenvalue weighted by molar-refractivity contribution is 5.85. The Kier molecular flexibility index (Phi) is 7.83. The second-order valence-electron chi connectivity index (χ2n) is 8.90. The van der Waals surface area contributed by atoms with E-state index in [0.29, 0.717) is 36.9 Å². The van der Waals surface area contributed by atoms with Crippen molar-refractivity contribution in [1.82, 2.24) is 4.90 Å². The Morgan fingerprint density at radius 2 is 1.97 bits per heavy atom. The summed E-state index contributed by atoms with van der Waals surface area (Å²) in [6.07, 6.45) is 7.85. The maximum Gasteiger partial charge on any atom is 0.226 e. The Morgan fingerprint density at radius 3 is 2.62 bits per heavy atom. The van der Waals surface area contributed by atoms with Gasteiger partial charge in [0, 0.05) is 31.7 Å². The molecule has 3 aliphatic rings. The molecule has 2 aliphatic carbocycles. The molecule has 6 heteroatoms. The number of methoxy groups -OCH3 is 1. The number of ether oxygens (including phenoxy) is 2. The number of nitrogens with two attached hydrogens (primary N) is 1. The molecule has 4 rings (SSSR count). The summed E-state index contributed by atoms with van der Waals surface area (Å²) in [7, 11) is 1.68. The zero-order valence-electron chi connectivity index (χ0n) is 17.4. The van der Waals surface area contributed by atoms with Gasteiger partial charge in [-0.25, -0.2) is 0 Å². The lowest BCUT2D eigenvalue weighted by atomic mass is 9.65. The molecule has 0 radical (unpaired) electrons. The third-order valence-corrected chi connectivity index (χ3v) is 7.03. The summed E-state index contributed by atoms with van der Waals surface area (Å²) < 4.78 is 11.2. The molecular formula is C23H35ClN2O3. The summed E-state index contributed by atoms with van der Waals surface area (Å²) >= 11 is 0. The van der Waals surface area contributed by atoms with E-state index in [0.717, 1.165) is 43.6 Å². The van der Waals surface area contributed by atoms with Crippen LogP contribution in [0.2, 0.25) is 0 Å². The standard InChI is InChI=1S/C23H34N2O3.ClH/c1-27-20-8-2-5-16(11-20)14-25(15-21-9-4-10-28-21)23(26)19-12-17-6-3-7-18(13-19)22(17)24;/h2,5,8,11,17-19,21-22H,3-4,6-7,9-10,12-15,24H2,1H3;1H. The second-order valence-corrected chi connectivity index (χ2v) is 8.90. The normalized spacial score (nSPS) is 31.0. The zero-order chi connectivity index (χ0) is 19.5. The van der Waals surface area contributed by atoms with Gasteiger partial charge in [0.15, 0.2) is 0 Å². The number of carbonyl (C=O) groups excluding carboxylic acids is 1. The van der Waals surface area contributed by atoms with Crippen molar-refractivity contribution in [1.29, 1.82) is 0 Å². The van der Waals surface area contributed by atoms with Crippen molar-refractivity contribution in [3.05, 3.63) is 29.8 Å². The SMILES string of the molecule is COc1cccc(CN(CC2CCCO2)C(=O)C2CC3CCCC(C2)C3N)c1.Cl. The van der Waals surface area contributed by atoms with E-state index < -0.39 is 0 Å². The van der Waals surface area contributed by atoms with Crippen LogP contribution in [0.5, 0.6) is 5.75 Å². The molecule has 29 heavy (non-hydrogen) atoms. The summed E-state index contributed by atoms with van der Waals surface area (Å²) in [4.78, 5) is 15.6. The van der Waals surface area contributed by atoms with Gasteiger partial charge in [-0.1, -0.05) is 18.6 Å². The second kappa shape index (κ2) is 10.1. The number of fused-ring (bicyclic) bond motifs is 2. The number of rotatable bonds is 6. The molecule has 2 N–H and O–H groups in total. The van der Waals surface area contributed by atoms with Crippen LogP contribution in [0, 0.1) is 17.8 Å². The van der Waals surface area contributed by atoms with Crippen molar-refractivity contribution < 1.29 is 14.3 Å². The minimum Gasteiger partial charge on any atom is -0.497 e. The Labute approximate surface area is 180 Å². The molecule has 3 unspecified atom stereocenters. The minimum absolute atomic E-state index is 0. The third kappa shape index (κ3) is 5.25. The van der Waals surface area contributed by atoms with Crippen LogP contribution >= 0.6 is 12.4 Å². The predicted octanol–water partition coefficient (Wildman–Crippen LogP) is 3.78. The number of nitrogens with zero attached hydrogens (tertiary/aromatic N) is 1. The van der Waals surface area contributed by atoms with Gasteiger partial charge < -0.3 is 20.1 Å². The van der Waals surface area contributed by atoms with Crippen molar-refractivity contribution in [3.8, 4) is 5.75 Å². The summed E-state index contributed by atoms with van der Waals surface area (Å²) in [6, 6.07) is 8.33. The van der Waals surface area contributed by atoms with Gasteiger partial charge in [0.2, 0.25) is 5.91 Å². The largest absolute Gasteiger partial charge is 0.497 e. The average Bonchev–Trinajstić information content (AvgIpc) is 3.20. The highest BCUT2D eigenvalue weighted by Gasteiger charge is 2.42. The van der Waals surface area contributed by atoms with Crippen molar-refractivity contribution in [2.75, 3.05) is 20.3 Å². The van der Waals surface area contributed by atoms with E-state index in [2.05, 4.69) is 6.07 Å². The Bertz CT molecular complexity index is 666. The Balaban J connectivity index is 0.00000240. The number of benzene rings is 1. The van der Waals surface area contributed by atoms with Gasteiger partial charge in [-0.05, 0) is 68.1 Å². The van der Waals surface area contributed by atoms with Gasteiger partial charge >= 0.3 is 0 Å². The molecule has 3 fully saturated rings. The van der Waals surface area contributed by atoms with Crippen LogP contribution in [0.25, 0.3) is 0 Å². The fourth-order valence-electron chi connectivity index (χ4n) is 5.51. The molecule has 0 spiro atoms. The molecule has 1 aliphatic heterocycles. The number of halogens is 1. The fourth-order valence-corrected chi connectivity index (χ4v) is 5.51. The number of amides is 1. The molecule has 162 valence electrons. The van der Waals surface area contributed by atoms with Crippen LogP contribution in [-0.4, -0.2) is 43.2 Å². The molecule has 2 saturated carbocycles. The van der Waals surface area contributed by atoms with E-state index >= 15 is 0 Å². The van der Waals surface area contributed by atoms with E-state index in [1.165, 1.54) is 19.3 Å². The van der Waals surface area contributed by atoms with Gasteiger partial charge in [0.05, 0.1) is 13.2 Å². The van der Waals surface area contributed by atoms with Gasteiger partial charge in [-0.2, -0.15) is 0 Å². The van der Waals surface area contributed by atoms with Crippen LogP contribution in [-0.2, 0) is 16.1 Å². The van der Waals surface area contributed by atoms with Crippen LogP contribution in [0.4, 0.5) is 0 Å². The van der Waals surface area contributed by atoms with Gasteiger partial charge in [-0.15, -0.1) is 12.4 Å². The fraction of sp³-hybridized carbons (Fsp3) is 0.696. The summed E-state index contributed by atoms with van der Waals surface area (Å²) in [5, 5.41) is 0. The molecule has 1 amide bonds. The molecule has 1 aromatic carbocycles. The van der Waals surface area contributed by atoms with Crippen LogP contribution < -0.4 is 10.5 Å². The predicted molar refractivity (Wildman–Crippen MR) is 116 cm³/mol. The van der Waals surface area contributed by atoms with Crippen LogP contribution in [0.15, 0.2) is 24.3 Å². The number of carbonyl (C=O) groups is 1. The summed E-state index contributed by atoms with van der Waals surface area (Å²) in [5.74, 6) is 2.27. The molecular weight excluding hydrogens is 388 g/mol. The van der Waals surface area contributed by atoms with Crippen LogP contribution in [0.3, 0.4) is 0 Å². The van der Waals surface area contributed by atoms with E-state index in [4.69, 9.17) is 15.2 Å². The van der Waals surface area contributed by atoms with Crippen molar-refractivity contribution in [3.63, 3.8) is 0 Å². The Hall–Kier alpha value is -1.30. The lowest BCUT2D eigenvalue weighted by Crippen LogP contribution is -2.50. The lowest BCUT2D eigenvalue weighted by Gasteiger charge is -2.44. The first-order valence-electron chi connectivity index (χ1n) is 10.9. The maximum atomic E-state index is 13.6. The highest BCUT2D eigenvalue weighted by atomic mass is 35.5. The number of hydrogen-bond donors (Lipinski definition) is 1. The first kappa shape index (κ1) is 22.4. The zero-order valence-corrected chi connectivity index (χ0v) is 18.2. The van der Waals surface area contributed by atoms with Crippen molar-refractivity contribution >= 4 is 18.3 Å². The average molecular weight is 423 g/mol. The van der Waals surface area contributed by atoms with E-state index in [9.17, 15) is 4.79 Å². The van der Waals surface area contributed by atoms with Crippen molar-refractivity contribution in [2.24, 2.45) is 23.5 Å². The van der Waals surface area contributed by atoms with Gasteiger partial charge in [0.1, 0.15) is 5.75 Å². The van der Waals surface area contributed by atoms with E-state index in [1.54, 1.807) is 7.11 Å². The van der Waals surface area contributed by atoms with E-state index in [-0.39, 0.29) is 24.4 Å². The number of hydrogen-bond acceptors (Lipinski definition) is 4. The molecule has 1 heterocycles. The lowest BCUT2D eigenvalue weighted by molar-refractivity contribution is -0.141. The summed E-state index contributed by atoms with van der Waals surface area (Å²) in [5.41, 5.74) is 7.56. The van der Waals surface area contributed by atoms with Gasteiger partial charge in [-0.3, -0.25) is 4.79 Å². The monoisotopic (exact) mass is 422 g/mol. The first-order chi connectivity index (χ1) is 13.6. The first-order valence-corrected chi connectivity index (χ1v) is 10.9. The van der Waals surface area contributed by atoms with Crippen LogP contribution in [0.1, 0.15) is 50.5 Å². The quantitative estimate of drug-likeness (QED) is 0.757. The van der Waals surface area contributed by atoms with E-state index in [1.807, 2.05) is 23.1 Å². The third-order valence-electron chi connectivity index (χ3n) is 7.03. The Morgan fingerprint density at radius 1 is 1.21 bits per heavy atom. The minimum atomic E-state index is 0.